The molecule has 1 aromatic carbocycles. The summed E-state index contributed by atoms with van der Waals surface area (Å²) in [5, 5.41) is 0. The fourth-order valence-corrected chi connectivity index (χ4v) is 3.29. The molecule has 0 spiro atoms. The molecule has 0 saturated carbocycles. The third kappa shape index (κ3) is 4.39. The average Bonchev–Trinajstić information content (AvgIpc) is 2.51. The summed E-state index contributed by atoms with van der Waals surface area (Å²) in [5.74, 6) is -0.0743. The van der Waals surface area contributed by atoms with Crippen molar-refractivity contribution in [3.63, 3.8) is 0 Å². The van der Waals surface area contributed by atoms with E-state index >= 15 is 0 Å². The summed E-state index contributed by atoms with van der Waals surface area (Å²) in [5.41, 5.74) is 6.13. The van der Waals surface area contributed by atoms with Crippen LogP contribution in [0.15, 0.2) is 18.2 Å². The van der Waals surface area contributed by atoms with Crippen LogP contribution in [0.3, 0.4) is 0 Å². The van der Waals surface area contributed by atoms with Gasteiger partial charge in [-0.25, -0.2) is 4.79 Å². The van der Waals surface area contributed by atoms with Crippen LogP contribution in [0.1, 0.15) is 45.0 Å². The zero-order valence-electron chi connectivity index (χ0n) is 16.4. The Bertz CT molecular complexity index is 672. The number of ether oxygens (including phenoxy) is 2. The SMILES string of the molecule is COc1cc(N2CC(C)N(C(=O)OC(C)(C)C)C(C)C2)ccc1C(N)=O. The van der Waals surface area contributed by atoms with Crippen molar-refractivity contribution in [2.75, 3.05) is 25.1 Å². The van der Waals surface area contributed by atoms with Gasteiger partial charge in [-0.05, 0) is 46.8 Å². The third-order valence-corrected chi connectivity index (χ3v) is 4.34. The lowest BCUT2D eigenvalue weighted by Gasteiger charge is -2.45. The van der Waals surface area contributed by atoms with Crippen LogP contribution in [0.5, 0.6) is 5.75 Å². The molecule has 0 aromatic heterocycles. The lowest BCUT2D eigenvalue weighted by molar-refractivity contribution is 0.00564. The molecule has 1 saturated heterocycles. The van der Waals surface area contributed by atoms with Crippen molar-refractivity contribution in [2.24, 2.45) is 5.73 Å². The Morgan fingerprint density at radius 3 is 2.19 bits per heavy atom. The zero-order chi connectivity index (χ0) is 19.6. The summed E-state index contributed by atoms with van der Waals surface area (Å²) >= 11 is 0. The number of nitrogens with two attached hydrogens (primary N) is 1. The van der Waals surface area contributed by atoms with Crippen molar-refractivity contribution in [1.82, 2.24) is 4.90 Å². The van der Waals surface area contributed by atoms with Crippen LogP contribution in [0.2, 0.25) is 0 Å². The second-order valence-electron chi connectivity index (χ2n) is 7.74. The predicted octanol–water partition coefficient (Wildman–Crippen LogP) is 2.63. The normalized spacial score (nSPS) is 20.7. The number of hydrogen-bond acceptors (Lipinski definition) is 5. The quantitative estimate of drug-likeness (QED) is 0.892. The van der Waals surface area contributed by atoms with Crippen molar-refractivity contribution < 1.29 is 19.1 Å². The lowest BCUT2D eigenvalue weighted by atomic mass is 10.1. The molecule has 1 aliphatic rings. The molecule has 0 aliphatic carbocycles. The Morgan fingerprint density at radius 1 is 1.15 bits per heavy atom. The van der Waals surface area contributed by atoms with E-state index in [1.165, 1.54) is 7.11 Å². The van der Waals surface area contributed by atoms with Gasteiger partial charge in [-0.1, -0.05) is 0 Å². The van der Waals surface area contributed by atoms with Crippen molar-refractivity contribution >= 4 is 17.7 Å². The number of benzene rings is 1. The number of rotatable bonds is 3. The second kappa shape index (κ2) is 7.43. The van der Waals surface area contributed by atoms with Crippen molar-refractivity contribution in [3.8, 4) is 5.75 Å². The summed E-state index contributed by atoms with van der Waals surface area (Å²) in [6.07, 6.45) is -0.293. The van der Waals surface area contributed by atoms with Gasteiger partial charge in [0.15, 0.2) is 0 Å². The summed E-state index contributed by atoms with van der Waals surface area (Å²) < 4.78 is 10.8. The smallest absolute Gasteiger partial charge is 0.410 e. The van der Waals surface area contributed by atoms with E-state index < -0.39 is 11.5 Å². The zero-order valence-corrected chi connectivity index (χ0v) is 16.4. The second-order valence-corrected chi connectivity index (χ2v) is 7.74. The van der Waals surface area contributed by atoms with E-state index in [1.54, 1.807) is 11.0 Å². The van der Waals surface area contributed by atoms with Gasteiger partial charge >= 0.3 is 6.09 Å². The minimum Gasteiger partial charge on any atom is -0.496 e. The van der Waals surface area contributed by atoms with Crippen LogP contribution in [-0.4, -0.2) is 54.8 Å². The Balaban J connectivity index is 2.19. The average molecular weight is 363 g/mol. The number of nitrogens with zero attached hydrogens (tertiary/aromatic N) is 2. The van der Waals surface area contributed by atoms with Crippen molar-refractivity contribution in [2.45, 2.75) is 52.3 Å². The molecule has 0 bridgehead atoms. The molecule has 0 radical (unpaired) electrons. The van der Waals surface area contributed by atoms with Gasteiger partial charge in [0, 0.05) is 24.8 Å². The number of carbonyl (C=O) groups excluding carboxylic acids is 2. The minimum atomic E-state index is -0.523. The first-order chi connectivity index (χ1) is 12.0. The summed E-state index contributed by atoms with van der Waals surface area (Å²) in [4.78, 5) is 27.9. The maximum Gasteiger partial charge on any atom is 0.410 e. The van der Waals surface area contributed by atoms with E-state index in [2.05, 4.69) is 4.90 Å². The van der Waals surface area contributed by atoms with Gasteiger partial charge in [0.05, 0.1) is 24.8 Å². The van der Waals surface area contributed by atoms with Gasteiger partial charge in [-0.3, -0.25) is 9.69 Å². The Labute approximate surface area is 155 Å². The van der Waals surface area contributed by atoms with Crippen LogP contribution >= 0.6 is 0 Å². The molecule has 1 heterocycles. The summed E-state index contributed by atoms with van der Waals surface area (Å²) in [6.45, 7) is 10.9. The fraction of sp³-hybridized carbons (Fsp3) is 0.579. The topological polar surface area (TPSA) is 85.1 Å². The number of hydrogen-bond donors (Lipinski definition) is 1. The van der Waals surface area contributed by atoms with Crippen molar-refractivity contribution in [1.29, 1.82) is 0 Å². The Kier molecular flexibility index (Phi) is 5.68. The van der Waals surface area contributed by atoms with Gasteiger partial charge in [-0.15, -0.1) is 0 Å². The number of primary amides is 1. The number of methoxy groups -OCH3 is 1. The van der Waals surface area contributed by atoms with E-state index in [0.29, 0.717) is 24.4 Å². The first kappa shape index (κ1) is 19.9. The third-order valence-electron chi connectivity index (χ3n) is 4.34. The van der Waals surface area contributed by atoms with E-state index in [4.69, 9.17) is 15.2 Å². The van der Waals surface area contributed by atoms with E-state index in [-0.39, 0.29) is 18.2 Å². The number of carbonyl (C=O) groups is 2. The van der Waals surface area contributed by atoms with Crippen molar-refractivity contribution in [3.05, 3.63) is 23.8 Å². The molecule has 7 nitrogen and oxygen atoms in total. The minimum absolute atomic E-state index is 0.0181. The van der Waals surface area contributed by atoms with Crippen LogP contribution in [0.25, 0.3) is 0 Å². The highest BCUT2D eigenvalue weighted by Crippen LogP contribution is 2.29. The summed E-state index contributed by atoms with van der Waals surface area (Å²) in [6, 6.07) is 5.30. The molecule has 1 fully saturated rings. The molecule has 2 unspecified atom stereocenters. The molecular weight excluding hydrogens is 334 g/mol. The van der Waals surface area contributed by atoms with E-state index in [9.17, 15) is 9.59 Å². The van der Waals surface area contributed by atoms with Crippen LogP contribution in [0.4, 0.5) is 10.5 Å². The molecule has 2 amide bonds. The molecule has 2 N–H and O–H groups in total. The number of piperazine rings is 1. The molecule has 2 atom stereocenters. The summed E-state index contributed by atoms with van der Waals surface area (Å²) in [7, 11) is 1.51. The maximum absolute atomic E-state index is 12.5. The molecular formula is C19H29N3O4. The van der Waals surface area contributed by atoms with Gasteiger partial charge in [0.2, 0.25) is 0 Å². The molecule has 1 aromatic rings. The lowest BCUT2D eigenvalue weighted by Crippen LogP contribution is -2.59. The van der Waals surface area contributed by atoms with Crippen LogP contribution in [0, 0.1) is 0 Å². The molecule has 2 rings (SSSR count). The van der Waals surface area contributed by atoms with Gasteiger partial charge in [0.1, 0.15) is 11.4 Å². The van der Waals surface area contributed by atoms with Gasteiger partial charge in [0.25, 0.3) is 5.91 Å². The van der Waals surface area contributed by atoms with Crippen LogP contribution < -0.4 is 15.4 Å². The predicted molar refractivity (Wildman–Crippen MR) is 101 cm³/mol. The van der Waals surface area contributed by atoms with Gasteiger partial charge in [-0.2, -0.15) is 0 Å². The van der Waals surface area contributed by atoms with E-state index in [1.807, 2.05) is 46.8 Å². The molecule has 26 heavy (non-hydrogen) atoms. The highest BCUT2D eigenvalue weighted by Gasteiger charge is 2.35. The Morgan fingerprint density at radius 2 is 1.73 bits per heavy atom. The maximum atomic E-state index is 12.5. The van der Waals surface area contributed by atoms with Gasteiger partial charge < -0.3 is 20.1 Å². The first-order valence-electron chi connectivity index (χ1n) is 8.77. The largest absolute Gasteiger partial charge is 0.496 e. The standard InChI is InChI=1S/C19H29N3O4/c1-12-10-21(11-13(2)22(12)18(24)26-19(3,4)5)14-7-8-15(17(20)23)16(9-14)25-6/h7-9,12-13H,10-11H2,1-6H3,(H2,20,23). The number of anilines is 1. The molecule has 1 aliphatic heterocycles. The highest BCUT2D eigenvalue weighted by atomic mass is 16.6. The molecule has 7 heteroatoms. The Hall–Kier alpha value is -2.44. The fourth-order valence-electron chi connectivity index (χ4n) is 3.29. The number of amides is 2. The molecule has 144 valence electrons. The van der Waals surface area contributed by atoms with E-state index in [0.717, 1.165) is 5.69 Å². The van der Waals surface area contributed by atoms with Crippen LogP contribution in [-0.2, 0) is 4.74 Å². The monoisotopic (exact) mass is 363 g/mol. The first-order valence-corrected chi connectivity index (χ1v) is 8.77. The highest BCUT2D eigenvalue weighted by molar-refractivity contribution is 5.96.